The van der Waals surface area contributed by atoms with Gasteiger partial charge in [0.05, 0.1) is 0 Å². The number of H-pyrrole nitrogens is 1. The number of benzene rings is 1. The van der Waals surface area contributed by atoms with E-state index in [-0.39, 0.29) is 28.7 Å². The van der Waals surface area contributed by atoms with Crippen LogP contribution in [-0.4, -0.2) is 39.6 Å². The number of rotatable bonds is 4. The highest BCUT2D eigenvalue weighted by molar-refractivity contribution is 5.99. The van der Waals surface area contributed by atoms with Crippen LogP contribution < -0.4 is 5.56 Å². The quantitative estimate of drug-likeness (QED) is 0.857. The molecule has 26 heavy (non-hydrogen) atoms. The number of Topliss-reactive ketones (excluding diaryl/α,β-unsaturated/α-hetero) is 1. The summed E-state index contributed by atoms with van der Waals surface area (Å²) in [6, 6.07) is 9.15. The Hall–Kier alpha value is -2.76. The van der Waals surface area contributed by atoms with Crippen LogP contribution in [0.1, 0.15) is 58.1 Å². The SMILES string of the molecule is O=C(c1ccccc1)[C@@H]1CCCN(C(=O)c2cnc(C3CC3)[nH]c2=O)C1. The molecule has 1 saturated carbocycles. The van der Waals surface area contributed by atoms with Gasteiger partial charge in [0.1, 0.15) is 11.4 Å². The number of carbonyl (C=O) groups excluding carboxylic acids is 2. The van der Waals surface area contributed by atoms with E-state index in [1.54, 1.807) is 17.0 Å². The summed E-state index contributed by atoms with van der Waals surface area (Å²) in [4.78, 5) is 46.3. The van der Waals surface area contributed by atoms with Crippen LogP contribution in [0.5, 0.6) is 0 Å². The minimum absolute atomic E-state index is 0.0548. The molecule has 1 aromatic carbocycles. The Morgan fingerprint density at radius 3 is 2.58 bits per heavy atom. The van der Waals surface area contributed by atoms with Gasteiger partial charge in [-0.15, -0.1) is 0 Å². The number of nitrogens with zero attached hydrogens (tertiary/aromatic N) is 2. The second-order valence-corrected chi connectivity index (χ2v) is 7.11. The van der Waals surface area contributed by atoms with Gasteiger partial charge < -0.3 is 9.88 Å². The largest absolute Gasteiger partial charge is 0.338 e. The monoisotopic (exact) mass is 351 g/mol. The Bertz CT molecular complexity index is 887. The highest BCUT2D eigenvalue weighted by atomic mass is 16.2. The van der Waals surface area contributed by atoms with Gasteiger partial charge in [0.2, 0.25) is 0 Å². The number of carbonyl (C=O) groups is 2. The van der Waals surface area contributed by atoms with Gasteiger partial charge in [-0.3, -0.25) is 14.4 Å². The molecule has 2 aromatic rings. The summed E-state index contributed by atoms with van der Waals surface area (Å²) in [6.45, 7) is 0.900. The topological polar surface area (TPSA) is 83.1 Å². The normalized spacial score (nSPS) is 20.0. The smallest absolute Gasteiger partial charge is 0.263 e. The fourth-order valence-electron chi connectivity index (χ4n) is 3.51. The van der Waals surface area contributed by atoms with Crippen LogP contribution in [0.25, 0.3) is 0 Å². The van der Waals surface area contributed by atoms with Crippen molar-refractivity contribution < 1.29 is 9.59 Å². The molecule has 0 bridgehead atoms. The van der Waals surface area contributed by atoms with Crippen molar-refractivity contribution in [1.29, 1.82) is 0 Å². The van der Waals surface area contributed by atoms with Gasteiger partial charge in [-0.05, 0) is 25.7 Å². The molecule has 1 saturated heterocycles. The predicted octanol–water partition coefficient (Wildman–Crippen LogP) is 2.38. The van der Waals surface area contributed by atoms with Gasteiger partial charge in [-0.2, -0.15) is 0 Å². The second kappa shape index (κ2) is 6.86. The number of hydrogen-bond donors (Lipinski definition) is 1. The molecule has 0 unspecified atom stereocenters. The third-order valence-electron chi connectivity index (χ3n) is 5.15. The fourth-order valence-corrected chi connectivity index (χ4v) is 3.51. The molecule has 2 heterocycles. The van der Waals surface area contributed by atoms with Crippen LogP contribution in [0.3, 0.4) is 0 Å². The molecule has 2 aliphatic rings. The van der Waals surface area contributed by atoms with Crippen molar-refractivity contribution in [3.05, 3.63) is 63.8 Å². The lowest BCUT2D eigenvalue weighted by atomic mass is 9.90. The summed E-state index contributed by atoms with van der Waals surface area (Å²) in [5, 5.41) is 0. The molecule has 2 fully saturated rings. The van der Waals surface area contributed by atoms with E-state index in [2.05, 4.69) is 9.97 Å². The second-order valence-electron chi connectivity index (χ2n) is 7.11. The van der Waals surface area contributed by atoms with E-state index in [0.717, 1.165) is 25.7 Å². The third kappa shape index (κ3) is 3.31. The van der Waals surface area contributed by atoms with Gasteiger partial charge in [0, 0.05) is 36.7 Å². The first-order chi connectivity index (χ1) is 12.6. The average Bonchev–Trinajstić information content (AvgIpc) is 3.53. The summed E-state index contributed by atoms with van der Waals surface area (Å²) in [7, 11) is 0. The van der Waals surface area contributed by atoms with Crippen LogP contribution in [0, 0.1) is 5.92 Å². The Kier molecular flexibility index (Phi) is 4.41. The van der Waals surface area contributed by atoms with Crippen molar-refractivity contribution in [1.82, 2.24) is 14.9 Å². The number of likely N-dealkylation sites (tertiary alicyclic amines) is 1. The molecule has 1 amide bonds. The van der Waals surface area contributed by atoms with Crippen LogP contribution in [0.2, 0.25) is 0 Å². The van der Waals surface area contributed by atoms with Gasteiger partial charge >= 0.3 is 0 Å². The van der Waals surface area contributed by atoms with Gasteiger partial charge in [-0.1, -0.05) is 30.3 Å². The standard InChI is InChI=1S/C20H21N3O3/c24-17(13-5-2-1-3-6-13)15-7-4-10-23(12-15)20(26)16-11-21-18(14-8-9-14)22-19(16)25/h1-3,5-6,11,14-15H,4,7-10,12H2,(H,21,22,25)/t15-/m1/s1. The number of nitrogens with one attached hydrogen (secondary N) is 1. The zero-order valence-electron chi connectivity index (χ0n) is 14.5. The minimum atomic E-state index is -0.386. The first-order valence-electron chi connectivity index (χ1n) is 9.11. The number of aromatic amines is 1. The van der Waals surface area contributed by atoms with Crippen molar-refractivity contribution in [3.8, 4) is 0 Å². The summed E-state index contributed by atoms with van der Waals surface area (Å²) < 4.78 is 0. The first-order valence-corrected chi connectivity index (χ1v) is 9.11. The lowest BCUT2D eigenvalue weighted by Crippen LogP contribution is -2.44. The lowest BCUT2D eigenvalue weighted by molar-refractivity contribution is 0.0635. The summed E-state index contributed by atoms with van der Waals surface area (Å²) >= 11 is 0. The Morgan fingerprint density at radius 1 is 1.12 bits per heavy atom. The maximum atomic E-state index is 12.8. The molecule has 1 aliphatic heterocycles. The molecule has 134 valence electrons. The zero-order valence-corrected chi connectivity index (χ0v) is 14.5. The molecule has 0 radical (unpaired) electrons. The Labute approximate surface area is 151 Å². The zero-order chi connectivity index (χ0) is 18.1. The predicted molar refractivity (Wildman–Crippen MR) is 96.2 cm³/mol. The molecular weight excluding hydrogens is 330 g/mol. The van der Waals surface area contributed by atoms with Crippen molar-refractivity contribution in [2.75, 3.05) is 13.1 Å². The van der Waals surface area contributed by atoms with Crippen molar-refractivity contribution in [3.63, 3.8) is 0 Å². The molecule has 0 spiro atoms. The van der Waals surface area contributed by atoms with Crippen LogP contribution in [-0.2, 0) is 0 Å². The van der Waals surface area contributed by atoms with Crippen LogP contribution in [0.15, 0.2) is 41.3 Å². The van der Waals surface area contributed by atoms with Crippen molar-refractivity contribution >= 4 is 11.7 Å². The number of ketones is 1. The molecule has 1 N–H and O–H groups in total. The molecule has 4 rings (SSSR count). The minimum Gasteiger partial charge on any atom is -0.338 e. The van der Waals surface area contributed by atoms with E-state index in [0.29, 0.717) is 30.4 Å². The lowest BCUT2D eigenvalue weighted by Gasteiger charge is -2.32. The number of piperidine rings is 1. The van der Waals surface area contributed by atoms with E-state index in [1.807, 2.05) is 18.2 Å². The summed E-state index contributed by atoms with van der Waals surface area (Å²) in [6.07, 6.45) is 4.96. The maximum absolute atomic E-state index is 12.8. The van der Waals surface area contributed by atoms with Gasteiger partial charge in [0.25, 0.3) is 11.5 Å². The Morgan fingerprint density at radius 2 is 1.88 bits per heavy atom. The average molecular weight is 351 g/mol. The van der Waals surface area contributed by atoms with Crippen LogP contribution >= 0.6 is 0 Å². The molecule has 1 atom stereocenters. The maximum Gasteiger partial charge on any atom is 0.263 e. The van der Waals surface area contributed by atoms with Gasteiger partial charge in [0.15, 0.2) is 5.78 Å². The fraction of sp³-hybridized carbons (Fsp3) is 0.400. The van der Waals surface area contributed by atoms with E-state index in [4.69, 9.17) is 0 Å². The first kappa shape index (κ1) is 16.7. The number of aromatic nitrogens is 2. The number of hydrogen-bond acceptors (Lipinski definition) is 4. The highest BCUT2D eigenvalue weighted by Crippen LogP contribution is 2.37. The molecule has 6 nitrogen and oxygen atoms in total. The molecule has 1 aromatic heterocycles. The van der Waals surface area contributed by atoms with Gasteiger partial charge in [-0.25, -0.2) is 4.98 Å². The van der Waals surface area contributed by atoms with Crippen LogP contribution in [0.4, 0.5) is 0 Å². The number of amides is 1. The van der Waals surface area contributed by atoms with Crippen molar-refractivity contribution in [2.24, 2.45) is 5.92 Å². The van der Waals surface area contributed by atoms with E-state index in [1.165, 1.54) is 6.20 Å². The third-order valence-corrected chi connectivity index (χ3v) is 5.15. The molecule has 6 heteroatoms. The van der Waals surface area contributed by atoms with Crippen molar-refractivity contribution in [2.45, 2.75) is 31.6 Å². The molecule has 1 aliphatic carbocycles. The highest BCUT2D eigenvalue weighted by Gasteiger charge is 2.31. The van der Waals surface area contributed by atoms with E-state index in [9.17, 15) is 14.4 Å². The van der Waals surface area contributed by atoms with E-state index >= 15 is 0 Å². The van der Waals surface area contributed by atoms with E-state index < -0.39 is 0 Å². The Balaban J connectivity index is 1.50. The molecular formula is C20H21N3O3. The summed E-state index contributed by atoms with van der Waals surface area (Å²) in [5.74, 6) is 0.482. The summed E-state index contributed by atoms with van der Waals surface area (Å²) in [5.41, 5.74) is 0.339.